The number of anilines is 1. The molecule has 102 valence electrons. The Labute approximate surface area is 116 Å². The van der Waals surface area contributed by atoms with Gasteiger partial charge >= 0.3 is 0 Å². The first-order valence-corrected chi connectivity index (χ1v) is 7.54. The van der Waals surface area contributed by atoms with Gasteiger partial charge in [0.2, 0.25) is 5.91 Å². The number of fused-ring (bicyclic) bond motifs is 1. The van der Waals surface area contributed by atoms with Gasteiger partial charge in [-0.25, -0.2) is 4.98 Å². The average molecular weight is 279 g/mol. The molecule has 19 heavy (non-hydrogen) atoms. The summed E-state index contributed by atoms with van der Waals surface area (Å²) in [5.74, 6) is 1.22. The van der Waals surface area contributed by atoms with Crippen molar-refractivity contribution in [2.24, 2.45) is 11.8 Å². The van der Waals surface area contributed by atoms with E-state index in [1.165, 1.54) is 37.5 Å². The Bertz CT molecular complexity index is 502. The summed E-state index contributed by atoms with van der Waals surface area (Å²) in [5.41, 5.74) is 0.453. The third-order valence-electron chi connectivity index (χ3n) is 4.02. The van der Waals surface area contributed by atoms with E-state index in [2.05, 4.69) is 10.3 Å². The van der Waals surface area contributed by atoms with Gasteiger partial charge in [0.05, 0.1) is 0 Å². The quantitative estimate of drug-likeness (QED) is 0.900. The van der Waals surface area contributed by atoms with Crippen molar-refractivity contribution < 1.29 is 9.59 Å². The van der Waals surface area contributed by atoms with Gasteiger partial charge in [-0.05, 0) is 24.7 Å². The van der Waals surface area contributed by atoms with Crippen molar-refractivity contribution in [1.82, 2.24) is 9.88 Å². The number of aromatic nitrogens is 1. The zero-order valence-corrected chi connectivity index (χ0v) is 11.7. The first-order chi connectivity index (χ1) is 9.13. The van der Waals surface area contributed by atoms with Crippen molar-refractivity contribution in [3.05, 3.63) is 11.1 Å². The van der Waals surface area contributed by atoms with Crippen molar-refractivity contribution in [2.75, 3.05) is 18.4 Å². The lowest BCUT2D eigenvalue weighted by molar-refractivity contribution is -0.114. The molecular formula is C13H17N3O2S. The molecule has 0 aromatic carbocycles. The van der Waals surface area contributed by atoms with Crippen LogP contribution in [0.3, 0.4) is 0 Å². The molecule has 1 saturated heterocycles. The van der Waals surface area contributed by atoms with Crippen molar-refractivity contribution in [1.29, 1.82) is 0 Å². The molecule has 1 N–H and O–H groups in total. The summed E-state index contributed by atoms with van der Waals surface area (Å²) in [6.07, 6.45) is 3.81. The third kappa shape index (κ3) is 2.49. The van der Waals surface area contributed by atoms with E-state index < -0.39 is 0 Å². The lowest BCUT2D eigenvalue weighted by atomic mass is 10.0. The van der Waals surface area contributed by atoms with E-state index in [4.69, 9.17) is 0 Å². The molecule has 6 heteroatoms. The molecule has 1 aliphatic carbocycles. The molecule has 2 atom stereocenters. The highest BCUT2D eigenvalue weighted by Gasteiger charge is 2.38. The molecule has 0 radical (unpaired) electrons. The van der Waals surface area contributed by atoms with Crippen LogP contribution in [-0.4, -0.2) is 34.8 Å². The molecule has 0 spiro atoms. The number of amides is 2. The number of hydrogen-bond donors (Lipinski definition) is 1. The van der Waals surface area contributed by atoms with Gasteiger partial charge in [-0.3, -0.25) is 9.59 Å². The second-order valence-electron chi connectivity index (χ2n) is 5.38. The summed E-state index contributed by atoms with van der Waals surface area (Å²) in [7, 11) is 0. The van der Waals surface area contributed by atoms with Crippen molar-refractivity contribution >= 4 is 28.3 Å². The Morgan fingerprint density at radius 2 is 2.05 bits per heavy atom. The van der Waals surface area contributed by atoms with Crippen LogP contribution in [0.5, 0.6) is 0 Å². The minimum Gasteiger partial charge on any atom is -0.337 e. The second kappa shape index (κ2) is 4.92. The standard InChI is InChI=1S/C13H17N3O2S/c1-8(17)14-13-15-11(7-19-13)12(18)16-5-9-3-2-4-10(9)6-16/h7,9-10H,2-6H2,1H3,(H,14,15,17)/t9-,10-/m1/s1. The van der Waals surface area contributed by atoms with Crippen LogP contribution in [0.15, 0.2) is 5.38 Å². The number of nitrogens with one attached hydrogen (secondary N) is 1. The second-order valence-corrected chi connectivity index (χ2v) is 6.24. The maximum absolute atomic E-state index is 12.3. The van der Waals surface area contributed by atoms with Crippen LogP contribution in [0.25, 0.3) is 0 Å². The number of carbonyl (C=O) groups excluding carboxylic acids is 2. The molecule has 5 nitrogen and oxygen atoms in total. The van der Waals surface area contributed by atoms with Gasteiger partial charge in [0, 0.05) is 25.4 Å². The molecule has 2 aliphatic rings. The number of thiazole rings is 1. The fraction of sp³-hybridized carbons (Fsp3) is 0.615. The summed E-state index contributed by atoms with van der Waals surface area (Å²) >= 11 is 1.30. The number of hydrogen-bond acceptors (Lipinski definition) is 4. The molecule has 3 rings (SSSR count). The molecule has 2 amide bonds. The van der Waals surface area contributed by atoms with Crippen LogP contribution >= 0.6 is 11.3 Å². The molecular weight excluding hydrogens is 262 g/mol. The minimum atomic E-state index is -0.163. The largest absolute Gasteiger partial charge is 0.337 e. The summed E-state index contributed by atoms with van der Waals surface area (Å²) in [6, 6.07) is 0. The smallest absolute Gasteiger partial charge is 0.273 e. The number of rotatable bonds is 2. The van der Waals surface area contributed by atoms with Crippen molar-refractivity contribution in [2.45, 2.75) is 26.2 Å². The fourth-order valence-electron chi connectivity index (χ4n) is 3.14. The summed E-state index contributed by atoms with van der Waals surface area (Å²) in [5, 5.41) is 4.83. The molecule has 1 aromatic heterocycles. The van der Waals surface area contributed by atoms with Gasteiger partial charge in [-0.2, -0.15) is 0 Å². The molecule has 2 fully saturated rings. The van der Waals surface area contributed by atoms with Crippen LogP contribution in [0.4, 0.5) is 5.13 Å². The third-order valence-corrected chi connectivity index (χ3v) is 4.78. The van der Waals surface area contributed by atoms with E-state index in [1.54, 1.807) is 5.38 Å². The zero-order chi connectivity index (χ0) is 13.4. The zero-order valence-electron chi connectivity index (χ0n) is 10.9. The van der Waals surface area contributed by atoms with E-state index in [0.717, 1.165) is 13.1 Å². The van der Waals surface area contributed by atoms with Gasteiger partial charge in [-0.1, -0.05) is 6.42 Å². The van der Waals surface area contributed by atoms with Crippen molar-refractivity contribution in [3.8, 4) is 0 Å². The van der Waals surface area contributed by atoms with Crippen LogP contribution in [0, 0.1) is 11.8 Å². The Hall–Kier alpha value is -1.43. The molecule has 1 saturated carbocycles. The maximum Gasteiger partial charge on any atom is 0.273 e. The van der Waals surface area contributed by atoms with E-state index in [-0.39, 0.29) is 11.8 Å². The highest BCUT2D eigenvalue weighted by Crippen LogP contribution is 2.38. The highest BCUT2D eigenvalue weighted by molar-refractivity contribution is 7.14. The minimum absolute atomic E-state index is 0.00209. The molecule has 1 aliphatic heterocycles. The normalized spacial score (nSPS) is 25.4. The Morgan fingerprint density at radius 3 is 2.68 bits per heavy atom. The number of likely N-dealkylation sites (tertiary alicyclic amines) is 1. The Balaban J connectivity index is 1.67. The number of carbonyl (C=O) groups is 2. The van der Waals surface area contributed by atoms with Gasteiger partial charge in [0.15, 0.2) is 5.13 Å². The topological polar surface area (TPSA) is 62.3 Å². The lowest BCUT2D eigenvalue weighted by Gasteiger charge is -2.15. The maximum atomic E-state index is 12.3. The predicted molar refractivity (Wildman–Crippen MR) is 73.2 cm³/mol. The average Bonchev–Trinajstić information content (AvgIpc) is 2.99. The van der Waals surface area contributed by atoms with Crippen molar-refractivity contribution in [3.63, 3.8) is 0 Å². The summed E-state index contributed by atoms with van der Waals surface area (Å²) in [6.45, 7) is 3.18. The van der Waals surface area contributed by atoms with Gasteiger partial charge < -0.3 is 10.2 Å². The monoisotopic (exact) mass is 279 g/mol. The highest BCUT2D eigenvalue weighted by atomic mass is 32.1. The van der Waals surface area contributed by atoms with Crippen LogP contribution < -0.4 is 5.32 Å². The SMILES string of the molecule is CC(=O)Nc1nc(C(=O)N2C[C@H]3CCC[C@@H]3C2)cs1. The summed E-state index contributed by atoms with van der Waals surface area (Å²) in [4.78, 5) is 29.4. The molecule has 0 unspecified atom stereocenters. The molecule has 1 aromatic rings. The summed E-state index contributed by atoms with van der Waals surface area (Å²) < 4.78 is 0. The van der Waals surface area contributed by atoms with Gasteiger partial charge in [0.25, 0.3) is 5.91 Å². The number of nitrogens with zero attached hydrogens (tertiary/aromatic N) is 2. The first kappa shape index (κ1) is 12.6. The Kier molecular flexibility index (Phi) is 3.26. The van der Waals surface area contributed by atoms with Gasteiger partial charge in [0.1, 0.15) is 5.69 Å². The predicted octanol–water partition coefficient (Wildman–Crippen LogP) is 1.97. The van der Waals surface area contributed by atoms with Crippen LogP contribution in [-0.2, 0) is 4.79 Å². The first-order valence-electron chi connectivity index (χ1n) is 6.66. The lowest BCUT2D eigenvalue weighted by Crippen LogP contribution is -2.29. The molecule has 0 bridgehead atoms. The van der Waals surface area contributed by atoms with E-state index in [1.807, 2.05) is 4.90 Å². The molecule has 2 heterocycles. The fourth-order valence-corrected chi connectivity index (χ4v) is 3.87. The van der Waals surface area contributed by atoms with E-state index in [9.17, 15) is 9.59 Å². The van der Waals surface area contributed by atoms with Crippen LogP contribution in [0.1, 0.15) is 36.7 Å². The van der Waals surface area contributed by atoms with Crippen LogP contribution in [0.2, 0.25) is 0 Å². The Morgan fingerprint density at radius 1 is 1.37 bits per heavy atom. The van der Waals surface area contributed by atoms with E-state index >= 15 is 0 Å². The van der Waals surface area contributed by atoms with Gasteiger partial charge in [-0.15, -0.1) is 11.3 Å². The van der Waals surface area contributed by atoms with E-state index in [0.29, 0.717) is 22.7 Å².